The van der Waals surface area contributed by atoms with E-state index in [9.17, 15) is 9.59 Å². The van der Waals surface area contributed by atoms with Crippen LogP contribution in [0.1, 0.15) is 32.1 Å². The number of carbonyl (C=O) groups is 2. The zero-order chi connectivity index (χ0) is 11.5. The first-order valence-electron chi connectivity index (χ1n) is 5.87. The van der Waals surface area contributed by atoms with E-state index in [1.807, 2.05) is 0 Å². The number of likely N-dealkylation sites (tertiary alicyclic amines) is 1. The minimum atomic E-state index is -0.868. The summed E-state index contributed by atoms with van der Waals surface area (Å²) in [5.74, 6) is -0.545. The Morgan fingerprint density at radius 2 is 2.19 bits per heavy atom. The van der Waals surface area contributed by atoms with Crippen molar-refractivity contribution in [1.29, 1.82) is 0 Å². The van der Waals surface area contributed by atoms with E-state index in [0.717, 1.165) is 19.3 Å². The predicted octanol–water partition coefficient (Wildman–Crippen LogP) is 1.42. The first-order chi connectivity index (χ1) is 7.68. The lowest BCUT2D eigenvalue weighted by Gasteiger charge is -2.22. The van der Waals surface area contributed by atoms with E-state index in [0.29, 0.717) is 25.3 Å². The van der Waals surface area contributed by atoms with Crippen molar-refractivity contribution >= 4 is 11.9 Å². The maximum atomic E-state index is 11.9. The molecule has 1 aliphatic carbocycles. The molecule has 4 nitrogen and oxygen atoms in total. The van der Waals surface area contributed by atoms with E-state index in [-0.39, 0.29) is 5.91 Å². The number of carboxylic acid groups (broad SMARTS) is 1. The Bertz CT molecular complexity index is 324. The van der Waals surface area contributed by atoms with Crippen LogP contribution in [-0.4, -0.2) is 34.5 Å². The lowest BCUT2D eigenvalue weighted by atomic mass is 10.0. The van der Waals surface area contributed by atoms with Crippen molar-refractivity contribution in [2.45, 2.75) is 38.1 Å². The Kier molecular flexibility index (Phi) is 3.27. The van der Waals surface area contributed by atoms with Crippen LogP contribution < -0.4 is 0 Å². The molecular weight excluding hydrogens is 206 g/mol. The van der Waals surface area contributed by atoms with Crippen LogP contribution in [0.3, 0.4) is 0 Å². The molecule has 4 heteroatoms. The van der Waals surface area contributed by atoms with Gasteiger partial charge in [0.2, 0.25) is 5.91 Å². The average Bonchev–Trinajstić information content (AvgIpc) is 2.86. The van der Waals surface area contributed by atoms with Crippen LogP contribution in [-0.2, 0) is 9.59 Å². The summed E-state index contributed by atoms with van der Waals surface area (Å²) in [5, 5.41) is 8.99. The SMILES string of the molecule is O=C(O)C1CCCN1C(=O)CC1C=CCC1. The average molecular weight is 223 g/mol. The van der Waals surface area contributed by atoms with Gasteiger partial charge in [-0.05, 0) is 31.6 Å². The summed E-state index contributed by atoms with van der Waals surface area (Å²) in [6, 6.07) is -0.585. The minimum absolute atomic E-state index is 0.00134. The van der Waals surface area contributed by atoms with Gasteiger partial charge in [0.15, 0.2) is 0 Å². The van der Waals surface area contributed by atoms with Crippen LogP contribution in [0.5, 0.6) is 0 Å². The Labute approximate surface area is 94.9 Å². The van der Waals surface area contributed by atoms with E-state index in [4.69, 9.17) is 5.11 Å². The smallest absolute Gasteiger partial charge is 0.326 e. The second-order valence-corrected chi connectivity index (χ2v) is 4.55. The first-order valence-corrected chi connectivity index (χ1v) is 5.87. The fraction of sp³-hybridized carbons (Fsp3) is 0.667. The standard InChI is InChI=1S/C12H17NO3/c14-11(8-9-4-1-2-5-9)13-7-3-6-10(13)12(15)16/h1,4,9-10H,2-3,5-8H2,(H,15,16). The lowest BCUT2D eigenvalue weighted by Crippen LogP contribution is -2.40. The molecule has 1 aliphatic heterocycles. The van der Waals surface area contributed by atoms with Crippen LogP contribution in [0.2, 0.25) is 0 Å². The molecule has 0 aromatic carbocycles. The number of carboxylic acids is 1. The molecule has 1 heterocycles. The van der Waals surface area contributed by atoms with Gasteiger partial charge in [-0.2, -0.15) is 0 Å². The van der Waals surface area contributed by atoms with Gasteiger partial charge in [0.25, 0.3) is 0 Å². The first kappa shape index (κ1) is 11.2. The number of rotatable bonds is 3. The van der Waals surface area contributed by atoms with E-state index in [1.165, 1.54) is 4.90 Å². The molecule has 2 unspecified atom stereocenters. The summed E-state index contributed by atoms with van der Waals surface area (Å²) in [4.78, 5) is 24.4. The zero-order valence-corrected chi connectivity index (χ0v) is 9.26. The third-order valence-electron chi connectivity index (χ3n) is 3.41. The van der Waals surface area contributed by atoms with Crippen LogP contribution in [0.25, 0.3) is 0 Å². The molecule has 1 saturated heterocycles. The Morgan fingerprint density at radius 1 is 1.38 bits per heavy atom. The van der Waals surface area contributed by atoms with Gasteiger partial charge >= 0.3 is 5.97 Å². The number of amides is 1. The second-order valence-electron chi connectivity index (χ2n) is 4.55. The topological polar surface area (TPSA) is 57.6 Å². The number of allylic oxidation sites excluding steroid dienone is 2. The molecular formula is C12H17NO3. The molecule has 0 aromatic rings. The molecule has 2 aliphatic rings. The van der Waals surface area contributed by atoms with Crippen molar-refractivity contribution in [1.82, 2.24) is 4.90 Å². The molecule has 0 spiro atoms. The minimum Gasteiger partial charge on any atom is -0.480 e. The number of aliphatic carboxylic acids is 1. The largest absolute Gasteiger partial charge is 0.480 e. The van der Waals surface area contributed by atoms with Gasteiger partial charge in [-0.1, -0.05) is 12.2 Å². The summed E-state index contributed by atoms with van der Waals surface area (Å²) in [5.41, 5.74) is 0. The third kappa shape index (κ3) is 2.26. The molecule has 1 N–H and O–H groups in total. The highest BCUT2D eigenvalue weighted by atomic mass is 16.4. The third-order valence-corrected chi connectivity index (χ3v) is 3.41. The fourth-order valence-electron chi connectivity index (χ4n) is 2.53. The van der Waals surface area contributed by atoms with Gasteiger partial charge in [-0.15, -0.1) is 0 Å². The van der Waals surface area contributed by atoms with E-state index < -0.39 is 12.0 Å². The highest BCUT2D eigenvalue weighted by Crippen LogP contribution is 2.24. The number of carbonyl (C=O) groups excluding carboxylic acids is 1. The maximum Gasteiger partial charge on any atom is 0.326 e. The predicted molar refractivity (Wildman–Crippen MR) is 58.9 cm³/mol. The van der Waals surface area contributed by atoms with Crippen molar-refractivity contribution in [2.75, 3.05) is 6.54 Å². The highest BCUT2D eigenvalue weighted by molar-refractivity contribution is 5.84. The molecule has 2 atom stereocenters. The van der Waals surface area contributed by atoms with Gasteiger partial charge in [0.05, 0.1) is 0 Å². The summed E-state index contributed by atoms with van der Waals surface area (Å²) in [7, 11) is 0. The van der Waals surface area contributed by atoms with Crippen molar-refractivity contribution in [3.63, 3.8) is 0 Å². The van der Waals surface area contributed by atoms with E-state index in [2.05, 4.69) is 12.2 Å². The van der Waals surface area contributed by atoms with Crippen LogP contribution in [0.4, 0.5) is 0 Å². The Hall–Kier alpha value is -1.32. The molecule has 0 radical (unpaired) electrons. The normalized spacial score (nSPS) is 28.6. The molecule has 0 saturated carbocycles. The summed E-state index contributed by atoms with van der Waals surface area (Å²) in [6.07, 6.45) is 8.11. The van der Waals surface area contributed by atoms with Gasteiger partial charge in [0.1, 0.15) is 6.04 Å². The Balaban J connectivity index is 1.92. The Morgan fingerprint density at radius 3 is 2.81 bits per heavy atom. The van der Waals surface area contributed by atoms with Crippen LogP contribution in [0.15, 0.2) is 12.2 Å². The van der Waals surface area contributed by atoms with Gasteiger partial charge in [0, 0.05) is 13.0 Å². The van der Waals surface area contributed by atoms with Crippen LogP contribution in [0, 0.1) is 5.92 Å². The molecule has 88 valence electrons. The fourth-order valence-corrected chi connectivity index (χ4v) is 2.53. The van der Waals surface area contributed by atoms with Crippen molar-refractivity contribution in [3.8, 4) is 0 Å². The summed E-state index contributed by atoms with van der Waals surface area (Å²) in [6.45, 7) is 0.603. The number of hydrogen-bond donors (Lipinski definition) is 1. The molecule has 1 fully saturated rings. The van der Waals surface area contributed by atoms with Crippen molar-refractivity contribution in [2.24, 2.45) is 5.92 Å². The number of hydrogen-bond acceptors (Lipinski definition) is 2. The van der Waals surface area contributed by atoms with E-state index >= 15 is 0 Å². The highest BCUT2D eigenvalue weighted by Gasteiger charge is 2.34. The molecule has 0 bridgehead atoms. The quantitative estimate of drug-likeness (QED) is 0.736. The molecule has 2 rings (SSSR count). The van der Waals surface area contributed by atoms with Crippen LogP contribution >= 0.6 is 0 Å². The molecule has 16 heavy (non-hydrogen) atoms. The monoisotopic (exact) mass is 223 g/mol. The maximum absolute atomic E-state index is 11.9. The number of nitrogens with zero attached hydrogens (tertiary/aromatic N) is 1. The zero-order valence-electron chi connectivity index (χ0n) is 9.26. The summed E-state index contributed by atoms with van der Waals surface area (Å²) >= 11 is 0. The van der Waals surface area contributed by atoms with Gasteiger partial charge in [-0.3, -0.25) is 4.79 Å². The summed E-state index contributed by atoms with van der Waals surface area (Å²) < 4.78 is 0. The molecule has 1 amide bonds. The molecule has 0 aromatic heterocycles. The van der Waals surface area contributed by atoms with Crippen molar-refractivity contribution < 1.29 is 14.7 Å². The second kappa shape index (κ2) is 4.68. The van der Waals surface area contributed by atoms with E-state index in [1.54, 1.807) is 0 Å². The lowest BCUT2D eigenvalue weighted by molar-refractivity contribution is -0.148. The van der Waals surface area contributed by atoms with Gasteiger partial charge in [-0.25, -0.2) is 4.79 Å². The van der Waals surface area contributed by atoms with Gasteiger partial charge < -0.3 is 10.0 Å². The van der Waals surface area contributed by atoms with Crippen molar-refractivity contribution in [3.05, 3.63) is 12.2 Å².